The van der Waals surface area contributed by atoms with Crippen molar-refractivity contribution < 1.29 is 4.39 Å². The van der Waals surface area contributed by atoms with Gasteiger partial charge >= 0.3 is 0 Å². The van der Waals surface area contributed by atoms with Crippen molar-refractivity contribution in [2.24, 2.45) is 0 Å². The zero-order chi connectivity index (χ0) is 12.4. The van der Waals surface area contributed by atoms with Gasteiger partial charge in [-0.2, -0.15) is 0 Å². The molecule has 0 fully saturated rings. The maximum Gasteiger partial charge on any atom is 0.165 e. The first-order chi connectivity index (χ1) is 8.09. The average Bonchev–Trinajstić information content (AvgIpc) is 2.31. The SMILES string of the molecule is Cc1ccnc(Nc2cccc(Cl)c2F)c1Br. The summed E-state index contributed by atoms with van der Waals surface area (Å²) in [7, 11) is 0. The number of benzene rings is 1. The Morgan fingerprint density at radius 2 is 2.12 bits per heavy atom. The molecule has 1 aromatic heterocycles. The molecule has 0 aliphatic heterocycles. The van der Waals surface area contributed by atoms with Crippen LogP contribution in [0.3, 0.4) is 0 Å². The van der Waals surface area contributed by atoms with Gasteiger partial charge in [-0.1, -0.05) is 17.7 Å². The van der Waals surface area contributed by atoms with Crippen LogP contribution in [-0.4, -0.2) is 4.98 Å². The van der Waals surface area contributed by atoms with Crippen LogP contribution in [0.1, 0.15) is 5.56 Å². The van der Waals surface area contributed by atoms with Crippen LogP contribution in [0.5, 0.6) is 0 Å². The molecule has 2 rings (SSSR count). The van der Waals surface area contributed by atoms with Crippen LogP contribution >= 0.6 is 27.5 Å². The van der Waals surface area contributed by atoms with Gasteiger partial charge in [-0.15, -0.1) is 0 Å². The molecule has 0 saturated heterocycles. The number of hydrogen-bond acceptors (Lipinski definition) is 2. The van der Waals surface area contributed by atoms with E-state index in [2.05, 4.69) is 26.2 Å². The molecule has 0 amide bonds. The first kappa shape index (κ1) is 12.3. The number of aromatic nitrogens is 1. The first-order valence-electron chi connectivity index (χ1n) is 4.91. The Morgan fingerprint density at radius 3 is 2.88 bits per heavy atom. The van der Waals surface area contributed by atoms with Crippen molar-refractivity contribution in [1.29, 1.82) is 0 Å². The molecule has 0 bridgehead atoms. The quantitative estimate of drug-likeness (QED) is 0.869. The lowest BCUT2D eigenvalue weighted by molar-refractivity contribution is 0.632. The molecule has 1 aromatic carbocycles. The lowest BCUT2D eigenvalue weighted by Gasteiger charge is -2.10. The van der Waals surface area contributed by atoms with Crippen molar-refractivity contribution in [1.82, 2.24) is 4.98 Å². The molecule has 1 N–H and O–H groups in total. The Morgan fingerprint density at radius 1 is 1.35 bits per heavy atom. The van der Waals surface area contributed by atoms with Gasteiger partial charge in [0.15, 0.2) is 5.82 Å². The van der Waals surface area contributed by atoms with Gasteiger partial charge in [0.1, 0.15) is 5.82 Å². The fraction of sp³-hybridized carbons (Fsp3) is 0.0833. The summed E-state index contributed by atoms with van der Waals surface area (Å²) in [6, 6.07) is 6.65. The highest BCUT2D eigenvalue weighted by molar-refractivity contribution is 9.10. The molecule has 2 nitrogen and oxygen atoms in total. The summed E-state index contributed by atoms with van der Waals surface area (Å²) in [5, 5.41) is 2.99. The van der Waals surface area contributed by atoms with E-state index in [-0.39, 0.29) is 5.02 Å². The van der Waals surface area contributed by atoms with Crippen molar-refractivity contribution in [2.75, 3.05) is 5.32 Å². The van der Waals surface area contributed by atoms with Crippen LogP contribution in [0.15, 0.2) is 34.9 Å². The predicted octanol–water partition coefficient (Wildman–Crippen LogP) is 4.69. The lowest BCUT2D eigenvalue weighted by Crippen LogP contribution is -1.98. The highest BCUT2D eigenvalue weighted by Crippen LogP contribution is 2.29. The molecule has 0 unspecified atom stereocenters. The maximum absolute atomic E-state index is 13.7. The Labute approximate surface area is 112 Å². The van der Waals surface area contributed by atoms with Gasteiger partial charge in [0.2, 0.25) is 0 Å². The number of nitrogens with one attached hydrogen (secondary N) is 1. The number of hydrogen-bond donors (Lipinski definition) is 1. The van der Waals surface area contributed by atoms with E-state index in [1.807, 2.05) is 13.0 Å². The summed E-state index contributed by atoms with van der Waals surface area (Å²) < 4.78 is 14.5. The Kier molecular flexibility index (Phi) is 3.64. The molecule has 0 aliphatic carbocycles. The van der Waals surface area contributed by atoms with Crippen molar-refractivity contribution in [3.8, 4) is 0 Å². The third-order valence-electron chi connectivity index (χ3n) is 2.29. The molecule has 0 saturated carbocycles. The minimum Gasteiger partial charge on any atom is -0.337 e. The number of aryl methyl sites for hydroxylation is 1. The van der Waals surface area contributed by atoms with E-state index in [1.54, 1.807) is 18.3 Å². The van der Waals surface area contributed by atoms with Crippen molar-refractivity contribution >= 4 is 39.0 Å². The molecule has 0 atom stereocenters. The van der Waals surface area contributed by atoms with Crippen LogP contribution in [0.25, 0.3) is 0 Å². The number of rotatable bonds is 2. The molecule has 1 heterocycles. The zero-order valence-electron chi connectivity index (χ0n) is 8.97. The van der Waals surface area contributed by atoms with Gasteiger partial charge in [-0.05, 0) is 46.6 Å². The van der Waals surface area contributed by atoms with Crippen LogP contribution in [-0.2, 0) is 0 Å². The smallest absolute Gasteiger partial charge is 0.165 e. The topological polar surface area (TPSA) is 24.9 Å². The zero-order valence-corrected chi connectivity index (χ0v) is 11.3. The summed E-state index contributed by atoms with van der Waals surface area (Å²) in [4.78, 5) is 4.14. The van der Waals surface area contributed by atoms with Crippen LogP contribution in [0.4, 0.5) is 15.9 Å². The summed E-state index contributed by atoms with van der Waals surface area (Å²) in [6.07, 6.45) is 1.66. The predicted molar refractivity (Wildman–Crippen MR) is 71.4 cm³/mol. The van der Waals surface area contributed by atoms with E-state index in [0.717, 1.165) is 10.0 Å². The van der Waals surface area contributed by atoms with Crippen LogP contribution < -0.4 is 5.32 Å². The minimum atomic E-state index is -0.482. The fourth-order valence-corrected chi connectivity index (χ4v) is 1.86. The fourth-order valence-electron chi connectivity index (χ4n) is 1.36. The Balaban J connectivity index is 2.38. The molecular formula is C12H9BrClFN2. The van der Waals surface area contributed by atoms with Gasteiger partial charge < -0.3 is 5.32 Å². The van der Waals surface area contributed by atoms with Crippen molar-refractivity contribution in [3.63, 3.8) is 0 Å². The van der Waals surface area contributed by atoms with E-state index in [4.69, 9.17) is 11.6 Å². The second-order valence-corrected chi connectivity index (χ2v) is 4.72. The molecule has 0 spiro atoms. The van der Waals surface area contributed by atoms with Gasteiger partial charge in [-0.3, -0.25) is 0 Å². The van der Waals surface area contributed by atoms with E-state index in [1.165, 1.54) is 6.07 Å². The molecule has 88 valence electrons. The van der Waals surface area contributed by atoms with E-state index in [9.17, 15) is 4.39 Å². The highest BCUT2D eigenvalue weighted by atomic mass is 79.9. The summed E-state index contributed by atoms with van der Waals surface area (Å²) in [5.41, 5.74) is 1.32. The molecule has 2 aromatic rings. The van der Waals surface area contributed by atoms with Gasteiger partial charge in [0.05, 0.1) is 15.2 Å². The summed E-state index contributed by atoms with van der Waals surface area (Å²) in [6.45, 7) is 1.94. The first-order valence-corrected chi connectivity index (χ1v) is 6.09. The summed E-state index contributed by atoms with van der Waals surface area (Å²) >= 11 is 9.10. The van der Waals surface area contributed by atoms with Gasteiger partial charge in [-0.25, -0.2) is 9.37 Å². The van der Waals surface area contributed by atoms with E-state index < -0.39 is 5.82 Å². The molecular weight excluding hydrogens is 307 g/mol. The maximum atomic E-state index is 13.7. The number of pyridine rings is 1. The van der Waals surface area contributed by atoms with Gasteiger partial charge in [0.25, 0.3) is 0 Å². The normalized spacial score (nSPS) is 10.4. The monoisotopic (exact) mass is 314 g/mol. The number of anilines is 2. The minimum absolute atomic E-state index is 0.0822. The Bertz CT molecular complexity index is 511. The molecule has 0 aliphatic rings. The largest absolute Gasteiger partial charge is 0.337 e. The third kappa shape index (κ3) is 2.58. The van der Waals surface area contributed by atoms with Crippen molar-refractivity contribution in [3.05, 3.63) is 51.3 Å². The number of nitrogens with zero attached hydrogens (tertiary/aromatic N) is 1. The second kappa shape index (κ2) is 5.02. The standard InChI is InChI=1S/C12H9BrClFN2/c1-7-5-6-16-12(10(7)13)17-9-4-2-3-8(14)11(9)15/h2-6H,1H3,(H,16,17). The van der Waals surface area contributed by atoms with Crippen LogP contribution in [0, 0.1) is 12.7 Å². The van der Waals surface area contributed by atoms with E-state index in [0.29, 0.717) is 11.5 Å². The Hall–Kier alpha value is -1.13. The highest BCUT2D eigenvalue weighted by Gasteiger charge is 2.09. The molecule has 0 radical (unpaired) electrons. The third-order valence-corrected chi connectivity index (χ3v) is 3.58. The van der Waals surface area contributed by atoms with E-state index >= 15 is 0 Å². The number of halogens is 3. The average molecular weight is 316 g/mol. The molecule has 5 heteroatoms. The van der Waals surface area contributed by atoms with Crippen molar-refractivity contribution in [2.45, 2.75) is 6.92 Å². The van der Waals surface area contributed by atoms with Crippen LogP contribution in [0.2, 0.25) is 5.02 Å². The van der Waals surface area contributed by atoms with Gasteiger partial charge in [0, 0.05) is 6.20 Å². The second-order valence-electron chi connectivity index (χ2n) is 3.52. The molecule has 17 heavy (non-hydrogen) atoms. The lowest BCUT2D eigenvalue weighted by atomic mass is 10.2. The summed E-state index contributed by atoms with van der Waals surface area (Å²) in [5.74, 6) is 0.0792.